The molecule has 0 aliphatic carbocycles. The molecule has 4 rings (SSSR count). The standard InChI is InChI=1S/C20H13F3N2O3/c1-12-8-19(26)25(14-3-5-15(6-4-14)28-20(21,22)23)10-16(12)13-2-7-18-17(9-13)24-11-27-18/h2-11H,1H3. The van der Waals surface area contributed by atoms with Crippen LogP contribution in [0.2, 0.25) is 0 Å². The zero-order valence-electron chi connectivity index (χ0n) is 14.5. The molecule has 0 N–H and O–H groups in total. The average molecular weight is 386 g/mol. The number of halogens is 3. The van der Waals surface area contributed by atoms with Crippen LogP contribution < -0.4 is 10.3 Å². The van der Waals surface area contributed by atoms with Gasteiger partial charge in [0.05, 0.1) is 0 Å². The minimum atomic E-state index is -4.77. The van der Waals surface area contributed by atoms with E-state index in [0.29, 0.717) is 16.8 Å². The first kappa shape index (κ1) is 17.8. The van der Waals surface area contributed by atoms with Crippen molar-refractivity contribution in [3.05, 3.63) is 77.0 Å². The van der Waals surface area contributed by atoms with E-state index in [0.717, 1.165) is 28.8 Å². The van der Waals surface area contributed by atoms with Gasteiger partial charge in [-0.15, -0.1) is 13.2 Å². The second-order valence-corrected chi connectivity index (χ2v) is 6.15. The first-order valence-electron chi connectivity index (χ1n) is 8.23. The van der Waals surface area contributed by atoms with Crippen molar-refractivity contribution in [1.82, 2.24) is 9.55 Å². The Morgan fingerprint density at radius 2 is 1.82 bits per heavy atom. The molecule has 0 aliphatic rings. The van der Waals surface area contributed by atoms with Crippen molar-refractivity contribution in [2.24, 2.45) is 0 Å². The van der Waals surface area contributed by atoms with E-state index in [1.807, 2.05) is 19.1 Å². The molecule has 142 valence electrons. The Morgan fingerprint density at radius 1 is 1.07 bits per heavy atom. The molecule has 0 aliphatic heterocycles. The SMILES string of the molecule is Cc1cc(=O)n(-c2ccc(OC(F)(F)F)cc2)cc1-c1ccc2ocnc2c1. The van der Waals surface area contributed by atoms with Crippen molar-refractivity contribution in [1.29, 1.82) is 0 Å². The van der Waals surface area contributed by atoms with Crippen LogP contribution >= 0.6 is 0 Å². The average Bonchev–Trinajstić information content (AvgIpc) is 3.09. The summed E-state index contributed by atoms with van der Waals surface area (Å²) in [4.78, 5) is 16.6. The van der Waals surface area contributed by atoms with Gasteiger partial charge in [0, 0.05) is 23.5 Å². The lowest BCUT2D eigenvalue weighted by Gasteiger charge is -2.13. The van der Waals surface area contributed by atoms with Crippen molar-refractivity contribution in [3.8, 4) is 22.6 Å². The maximum absolute atomic E-state index is 12.4. The van der Waals surface area contributed by atoms with E-state index in [1.54, 1.807) is 12.3 Å². The zero-order chi connectivity index (χ0) is 19.9. The fraction of sp³-hybridized carbons (Fsp3) is 0.100. The van der Waals surface area contributed by atoms with Gasteiger partial charge in [-0.3, -0.25) is 9.36 Å². The molecule has 2 aromatic carbocycles. The van der Waals surface area contributed by atoms with Crippen LogP contribution in [0, 0.1) is 6.92 Å². The van der Waals surface area contributed by atoms with Gasteiger partial charge in [0.15, 0.2) is 12.0 Å². The Hall–Kier alpha value is -3.55. The van der Waals surface area contributed by atoms with E-state index in [-0.39, 0.29) is 11.3 Å². The molecule has 0 bridgehead atoms. The largest absolute Gasteiger partial charge is 0.573 e. The van der Waals surface area contributed by atoms with E-state index in [2.05, 4.69) is 9.72 Å². The van der Waals surface area contributed by atoms with Gasteiger partial charge in [-0.2, -0.15) is 0 Å². The number of hydrogen-bond acceptors (Lipinski definition) is 4. The fourth-order valence-corrected chi connectivity index (χ4v) is 2.96. The van der Waals surface area contributed by atoms with Gasteiger partial charge >= 0.3 is 6.36 Å². The monoisotopic (exact) mass is 386 g/mol. The third-order valence-corrected chi connectivity index (χ3v) is 4.25. The molecule has 28 heavy (non-hydrogen) atoms. The lowest BCUT2D eigenvalue weighted by molar-refractivity contribution is -0.274. The summed E-state index contributed by atoms with van der Waals surface area (Å²) in [5, 5.41) is 0. The van der Waals surface area contributed by atoms with Gasteiger partial charge in [-0.25, -0.2) is 4.98 Å². The molecular weight excluding hydrogens is 373 g/mol. The fourth-order valence-electron chi connectivity index (χ4n) is 2.96. The van der Waals surface area contributed by atoms with Crippen LogP contribution in [0.5, 0.6) is 5.75 Å². The molecule has 0 saturated heterocycles. The molecule has 2 aromatic heterocycles. The maximum atomic E-state index is 12.4. The highest BCUT2D eigenvalue weighted by molar-refractivity contribution is 5.80. The number of nitrogens with zero attached hydrogens (tertiary/aromatic N) is 2. The number of alkyl halides is 3. The van der Waals surface area contributed by atoms with Crippen LogP contribution in [0.25, 0.3) is 27.9 Å². The molecule has 0 unspecified atom stereocenters. The number of pyridine rings is 1. The predicted molar refractivity (Wildman–Crippen MR) is 96.5 cm³/mol. The number of benzene rings is 2. The molecule has 5 nitrogen and oxygen atoms in total. The Morgan fingerprint density at radius 3 is 2.54 bits per heavy atom. The minimum Gasteiger partial charge on any atom is -0.443 e. The minimum absolute atomic E-state index is 0.298. The summed E-state index contributed by atoms with van der Waals surface area (Å²) in [7, 11) is 0. The second-order valence-electron chi connectivity index (χ2n) is 6.15. The number of fused-ring (bicyclic) bond motifs is 1. The normalized spacial score (nSPS) is 11.7. The van der Waals surface area contributed by atoms with E-state index in [4.69, 9.17) is 4.42 Å². The lowest BCUT2D eigenvalue weighted by Crippen LogP contribution is -2.19. The first-order chi connectivity index (χ1) is 13.3. The van der Waals surface area contributed by atoms with Crippen molar-refractivity contribution >= 4 is 11.1 Å². The Balaban J connectivity index is 1.76. The molecule has 0 fully saturated rings. The summed E-state index contributed by atoms with van der Waals surface area (Å²) in [6.45, 7) is 1.81. The van der Waals surface area contributed by atoms with Crippen molar-refractivity contribution in [2.75, 3.05) is 0 Å². The van der Waals surface area contributed by atoms with Crippen LogP contribution in [0.4, 0.5) is 13.2 Å². The van der Waals surface area contributed by atoms with Crippen LogP contribution in [0.15, 0.2) is 70.3 Å². The van der Waals surface area contributed by atoms with Crippen LogP contribution in [-0.2, 0) is 0 Å². The van der Waals surface area contributed by atoms with Crippen LogP contribution in [0.1, 0.15) is 5.56 Å². The molecular formula is C20H13F3N2O3. The summed E-state index contributed by atoms with van der Waals surface area (Å²) >= 11 is 0. The number of hydrogen-bond donors (Lipinski definition) is 0. The summed E-state index contributed by atoms with van der Waals surface area (Å²) in [6, 6.07) is 12.1. The number of rotatable bonds is 3. The third kappa shape index (κ3) is 3.48. The Kier molecular flexibility index (Phi) is 4.18. The van der Waals surface area contributed by atoms with E-state index < -0.39 is 6.36 Å². The summed E-state index contributed by atoms with van der Waals surface area (Å²) in [5.74, 6) is -0.354. The maximum Gasteiger partial charge on any atom is 0.573 e. The van der Waals surface area contributed by atoms with Gasteiger partial charge in [0.25, 0.3) is 5.56 Å². The van der Waals surface area contributed by atoms with Gasteiger partial charge in [-0.05, 0) is 54.4 Å². The second kappa shape index (κ2) is 6.56. The summed E-state index contributed by atoms with van der Waals surface area (Å²) in [6.07, 6.45) is -1.76. The molecule has 0 radical (unpaired) electrons. The van der Waals surface area contributed by atoms with E-state index in [1.165, 1.54) is 29.2 Å². The Bertz CT molecular complexity index is 1210. The van der Waals surface area contributed by atoms with Crippen LogP contribution in [0.3, 0.4) is 0 Å². The molecule has 4 aromatic rings. The summed E-state index contributed by atoms with van der Waals surface area (Å²) in [5.41, 5.74) is 3.85. The van der Waals surface area contributed by atoms with Gasteiger partial charge in [0.1, 0.15) is 11.3 Å². The number of aromatic nitrogens is 2. The molecule has 0 saturated carbocycles. The molecule has 0 spiro atoms. The third-order valence-electron chi connectivity index (χ3n) is 4.25. The highest BCUT2D eigenvalue weighted by atomic mass is 19.4. The van der Waals surface area contributed by atoms with E-state index in [9.17, 15) is 18.0 Å². The lowest BCUT2D eigenvalue weighted by atomic mass is 10.0. The molecule has 8 heteroatoms. The number of aryl methyl sites for hydroxylation is 1. The highest BCUT2D eigenvalue weighted by Crippen LogP contribution is 2.27. The number of oxazole rings is 1. The molecule has 2 heterocycles. The van der Waals surface area contributed by atoms with Crippen LogP contribution in [-0.4, -0.2) is 15.9 Å². The van der Waals surface area contributed by atoms with E-state index >= 15 is 0 Å². The molecule has 0 atom stereocenters. The highest BCUT2D eigenvalue weighted by Gasteiger charge is 2.31. The summed E-state index contributed by atoms with van der Waals surface area (Å²) < 4.78 is 47.4. The molecule has 0 amide bonds. The Labute approximate surface area is 156 Å². The quantitative estimate of drug-likeness (QED) is 0.505. The van der Waals surface area contributed by atoms with Gasteiger partial charge in [-0.1, -0.05) is 6.07 Å². The zero-order valence-corrected chi connectivity index (χ0v) is 14.5. The van der Waals surface area contributed by atoms with Gasteiger partial charge < -0.3 is 9.15 Å². The number of ether oxygens (including phenoxy) is 1. The predicted octanol–water partition coefficient (Wildman–Crippen LogP) is 4.85. The first-order valence-corrected chi connectivity index (χ1v) is 8.23. The topological polar surface area (TPSA) is 57.3 Å². The smallest absolute Gasteiger partial charge is 0.443 e. The van der Waals surface area contributed by atoms with Crippen molar-refractivity contribution in [3.63, 3.8) is 0 Å². The van der Waals surface area contributed by atoms with Crippen molar-refractivity contribution < 1.29 is 22.3 Å². The van der Waals surface area contributed by atoms with Crippen molar-refractivity contribution in [2.45, 2.75) is 13.3 Å². The van der Waals surface area contributed by atoms with Gasteiger partial charge in [0.2, 0.25) is 0 Å².